The van der Waals surface area contributed by atoms with Gasteiger partial charge in [-0.15, -0.1) is 0 Å². The number of nitrogens with two attached hydrogens (primary N) is 1. The fourth-order valence-electron chi connectivity index (χ4n) is 1.09. The van der Waals surface area contributed by atoms with Crippen LogP contribution in [0, 0.1) is 11.3 Å². The molecular formula is C11H12N2O3. The molecule has 1 aromatic rings. The van der Waals surface area contributed by atoms with E-state index < -0.39 is 12.1 Å². The number of ether oxygens (including phenoxy) is 2. The van der Waals surface area contributed by atoms with Crippen LogP contribution in [0.4, 0.5) is 5.69 Å². The number of esters is 1. The Morgan fingerprint density at radius 2 is 2.25 bits per heavy atom. The second-order valence-corrected chi connectivity index (χ2v) is 3.13. The van der Waals surface area contributed by atoms with Crippen molar-refractivity contribution in [3.8, 4) is 11.8 Å². The van der Waals surface area contributed by atoms with Crippen molar-refractivity contribution in [2.45, 2.75) is 13.0 Å². The molecule has 1 rings (SSSR count). The molecule has 0 aliphatic heterocycles. The summed E-state index contributed by atoms with van der Waals surface area (Å²) < 4.78 is 9.79. The van der Waals surface area contributed by atoms with Gasteiger partial charge in [0.25, 0.3) is 0 Å². The first-order valence-electron chi connectivity index (χ1n) is 4.62. The summed E-state index contributed by atoms with van der Waals surface area (Å²) in [6.07, 6.45) is -0.807. The maximum atomic E-state index is 11.6. The third kappa shape index (κ3) is 2.64. The maximum Gasteiger partial charge on any atom is 0.341 e. The molecule has 2 N–H and O–H groups in total. The Morgan fingerprint density at radius 3 is 2.81 bits per heavy atom. The van der Waals surface area contributed by atoms with E-state index in [1.807, 2.05) is 0 Å². The van der Waals surface area contributed by atoms with Gasteiger partial charge in [0.05, 0.1) is 12.7 Å². The molecule has 0 aliphatic carbocycles. The summed E-state index contributed by atoms with van der Waals surface area (Å²) in [5, 5.41) is 8.52. The molecular weight excluding hydrogens is 208 g/mol. The van der Waals surface area contributed by atoms with Gasteiger partial charge < -0.3 is 15.2 Å². The lowest BCUT2D eigenvalue weighted by molar-refractivity contribution is 0.0436. The van der Waals surface area contributed by atoms with Crippen LogP contribution < -0.4 is 10.5 Å². The van der Waals surface area contributed by atoms with Crippen LogP contribution in [0.2, 0.25) is 0 Å². The van der Waals surface area contributed by atoms with Crippen molar-refractivity contribution in [3.63, 3.8) is 0 Å². The summed E-state index contributed by atoms with van der Waals surface area (Å²) in [6.45, 7) is 1.48. The largest absolute Gasteiger partial charge is 0.497 e. The van der Waals surface area contributed by atoms with Crippen molar-refractivity contribution in [2.24, 2.45) is 0 Å². The van der Waals surface area contributed by atoms with Gasteiger partial charge in [0.2, 0.25) is 0 Å². The van der Waals surface area contributed by atoms with Crippen LogP contribution in [0.1, 0.15) is 17.3 Å². The molecule has 0 radical (unpaired) electrons. The summed E-state index contributed by atoms with van der Waals surface area (Å²) in [7, 11) is 1.48. The van der Waals surface area contributed by atoms with Crippen molar-refractivity contribution in [1.82, 2.24) is 0 Å². The number of carbonyl (C=O) groups excluding carboxylic acids is 1. The lowest BCUT2D eigenvalue weighted by Crippen LogP contribution is -2.14. The predicted octanol–water partition coefficient (Wildman–Crippen LogP) is 1.35. The number of rotatable bonds is 3. The SMILES string of the molecule is COc1ccc(N)c(C(=O)OC(C)C#N)c1. The Kier molecular flexibility index (Phi) is 3.72. The summed E-state index contributed by atoms with van der Waals surface area (Å²) in [4.78, 5) is 11.6. The van der Waals surface area contributed by atoms with Gasteiger partial charge in [-0.1, -0.05) is 0 Å². The van der Waals surface area contributed by atoms with Crippen molar-refractivity contribution in [1.29, 1.82) is 5.26 Å². The number of nitriles is 1. The Morgan fingerprint density at radius 1 is 1.56 bits per heavy atom. The van der Waals surface area contributed by atoms with E-state index in [9.17, 15) is 4.79 Å². The van der Waals surface area contributed by atoms with Gasteiger partial charge in [-0.25, -0.2) is 4.79 Å². The zero-order chi connectivity index (χ0) is 12.1. The second kappa shape index (κ2) is 5.03. The molecule has 1 unspecified atom stereocenters. The number of methoxy groups -OCH3 is 1. The van der Waals surface area contributed by atoms with Gasteiger partial charge in [0.1, 0.15) is 11.8 Å². The zero-order valence-corrected chi connectivity index (χ0v) is 9.06. The molecule has 0 aromatic heterocycles. The van der Waals surface area contributed by atoms with Crippen LogP contribution >= 0.6 is 0 Å². The normalized spacial score (nSPS) is 11.3. The first kappa shape index (κ1) is 11.9. The Balaban J connectivity index is 2.95. The van der Waals surface area contributed by atoms with E-state index in [4.69, 9.17) is 20.5 Å². The van der Waals surface area contributed by atoms with Gasteiger partial charge in [0.15, 0.2) is 6.10 Å². The van der Waals surface area contributed by atoms with E-state index in [1.54, 1.807) is 18.2 Å². The minimum atomic E-state index is -0.807. The maximum absolute atomic E-state index is 11.6. The zero-order valence-electron chi connectivity index (χ0n) is 9.06. The molecule has 0 spiro atoms. The fourth-order valence-corrected chi connectivity index (χ4v) is 1.09. The van der Waals surface area contributed by atoms with E-state index in [1.165, 1.54) is 20.1 Å². The number of nitrogens with zero attached hydrogens (tertiary/aromatic N) is 1. The van der Waals surface area contributed by atoms with E-state index >= 15 is 0 Å². The minimum Gasteiger partial charge on any atom is -0.497 e. The Bertz CT molecular complexity index is 437. The van der Waals surface area contributed by atoms with Crippen LogP contribution in [-0.4, -0.2) is 19.2 Å². The lowest BCUT2D eigenvalue weighted by Gasteiger charge is -2.09. The van der Waals surface area contributed by atoms with E-state index in [0.29, 0.717) is 5.75 Å². The quantitative estimate of drug-likeness (QED) is 0.613. The van der Waals surface area contributed by atoms with E-state index in [-0.39, 0.29) is 11.3 Å². The lowest BCUT2D eigenvalue weighted by atomic mass is 10.1. The van der Waals surface area contributed by atoms with Gasteiger partial charge in [0, 0.05) is 5.69 Å². The monoisotopic (exact) mass is 220 g/mol. The number of hydrogen-bond donors (Lipinski definition) is 1. The molecule has 84 valence electrons. The molecule has 5 nitrogen and oxygen atoms in total. The van der Waals surface area contributed by atoms with Crippen molar-refractivity contribution < 1.29 is 14.3 Å². The average Bonchev–Trinajstić information content (AvgIpc) is 2.29. The first-order chi connectivity index (χ1) is 7.58. The number of hydrogen-bond acceptors (Lipinski definition) is 5. The van der Waals surface area contributed by atoms with E-state index in [2.05, 4.69) is 0 Å². The summed E-state index contributed by atoms with van der Waals surface area (Å²) >= 11 is 0. The Labute approximate surface area is 93.4 Å². The Hall–Kier alpha value is -2.22. The molecule has 0 saturated carbocycles. The second-order valence-electron chi connectivity index (χ2n) is 3.13. The highest BCUT2D eigenvalue weighted by atomic mass is 16.5. The molecule has 0 fully saturated rings. The summed E-state index contributed by atoms with van der Waals surface area (Å²) in [6, 6.07) is 6.46. The molecule has 0 saturated heterocycles. The molecule has 1 aromatic carbocycles. The highest BCUT2D eigenvalue weighted by molar-refractivity contribution is 5.95. The van der Waals surface area contributed by atoms with Gasteiger partial charge in [-0.3, -0.25) is 0 Å². The predicted molar refractivity (Wildman–Crippen MR) is 57.9 cm³/mol. The highest BCUT2D eigenvalue weighted by Crippen LogP contribution is 2.20. The smallest absolute Gasteiger partial charge is 0.341 e. The number of benzene rings is 1. The molecule has 0 bridgehead atoms. The van der Waals surface area contributed by atoms with E-state index in [0.717, 1.165) is 0 Å². The number of nitrogen functional groups attached to an aromatic ring is 1. The van der Waals surface area contributed by atoms with Gasteiger partial charge >= 0.3 is 5.97 Å². The van der Waals surface area contributed by atoms with Crippen molar-refractivity contribution in [2.75, 3.05) is 12.8 Å². The molecule has 1 atom stereocenters. The number of anilines is 1. The highest BCUT2D eigenvalue weighted by Gasteiger charge is 2.15. The van der Waals surface area contributed by atoms with Crippen molar-refractivity contribution in [3.05, 3.63) is 23.8 Å². The molecule has 16 heavy (non-hydrogen) atoms. The topological polar surface area (TPSA) is 85.3 Å². The van der Waals surface area contributed by atoms with Crippen LogP contribution in [0.5, 0.6) is 5.75 Å². The molecule has 0 aliphatic rings. The summed E-state index contributed by atoms with van der Waals surface area (Å²) in [5.74, 6) is -0.129. The molecule has 0 heterocycles. The van der Waals surface area contributed by atoms with Crippen LogP contribution in [0.25, 0.3) is 0 Å². The van der Waals surface area contributed by atoms with Crippen molar-refractivity contribution >= 4 is 11.7 Å². The number of carbonyl (C=O) groups is 1. The summed E-state index contributed by atoms with van der Waals surface area (Å²) in [5.41, 5.74) is 6.11. The molecule has 5 heteroatoms. The van der Waals surface area contributed by atoms with Gasteiger partial charge in [-0.2, -0.15) is 5.26 Å². The van der Waals surface area contributed by atoms with Gasteiger partial charge in [-0.05, 0) is 25.1 Å². The third-order valence-electron chi connectivity index (χ3n) is 1.95. The average molecular weight is 220 g/mol. The third-order valence-corrected chi connectivity index (χ3v) is 1.95. The first-order valence-corrected chi connectivity index (χ1v) is 4.62. The standard InChI is InChI=1S/C11H12N2O3/c1-7(6-12)16-11(14)9-5-8(15-2)3-4-10(9)13/h3-5,7H,13H2,1-2H3. The molecule has 0 amide bonds. The minimum absolute atomic E-state index is 0.196. The fraction of sp³-hybridized carbons (Fsp3) is 0.273. The van der Waals surface area contributed by atoms with Crippen LogP contribution in [0.3, 0.4) is 0 Å². The van der Waals surface area contributed by atoms with Crippen LogP contribution in [-0.2, 0) is 4.74 Å². The van der Waals surface area contributed by atoms with Crippen LogP contribution in [0.15, 0.2) is 18.2 Å².